The Bertz CT molecular complexity index is 1450. The lowest BCUT2D eigenvalue weighted by Crippen LogP contribution is -2.22. The maximum Gasteiger partial charge on any atom is 0.338 e. The topological polar surface area (TPSA) is 78.3 Å². The normalized spacial score (nSPS) is 10.9. The van der Waals surface area contributed by atoms with Gasteiger partial charge in [0, 0.05) is 5.56 Å². The summed E-state index contributed by atoms with van der Waals surface area (Å²) in [6, 6.07) is 17.4. The number of hydrogen-bond donors (Lipinski definition) is 0. The van der Waals surface area contributed by atoms with Gasteiger partial charge in [0.2, 0.25) is 5.78 Å². The molecule has 0 aliphatic heterocycles. The average Bonchev–Trinajstić information content (AvgIpc) is 2.80. The molecule has 3 aromatic carbocycles. The Labute approximate surface area is 191 Å². The van der Waals surface area contributed by atoms with Crippen molar-refractivity contribution < 1.29 is 14.3 Å². The van der Waals surface area contributed by atoms with Crippen molar-refractivity contribution in [1.82, 2.24) is 9.55 Å². The van der Waals surface area contributed by atoms with Gasteiger partial charge in [0.1, 0.15) is 5.82 Å². The highest BCUT2D eigenvalue weighted by Crippen LogP contribution is 2.17. The van der Waals surface area contributed by atoms with Crippen molar-refractivity contribution in [1.29, 1.82) is 0 Å². The molecule has 166 valence electrons. The van der Waals surface area contributed by atoms with Gasteiger partial charge in [-0.3, -0.25) is 14.2 Å². The highest BCUT2D eigenvalue weighted by Gasteiger charge is 2.15. The molecule has 0 fully saturated rings. The smallest absolute Gasteiger partial charge is 0.338 e. The lowest BCUT2D eigenvalue weighted by Gasteiger charge is -2.12. The maximum atomic E-state index is 12.9. The van der Waals surface area contributed by atoms with Gasteiger partial charge in [-0.15, -0.1) is 0 Å². The molecule has 0 saturated carbocycles. The van der Waals surface area contributed by atoms with Crippen LogP contribution in [0.4, 0.5) is 0 Å². The van der Waals surface area contributed by atoms with E-state index in [-0.39, 0.29) is 17.9 Å². The fourth-order valence-electron chi connectivity index (χ4n) is 3.85. The van der Waals surface area contributed by atoms with E-state index in [1.807, 2.05) is 39.0 Å². The molecule has 0 N–H and O–H groups in total. The molecule has 6 nitrogen and oxygen atoms in total. The first kappa shape index (κ1) is 22.1. The molecule has 0 spiro atoms. The predicted octanol–water partition coefficient (Wildman–Crippen LogP) is 4.66. The van der Waals surface area contributed by atoms with Crippen LogP contribution in [0.2, 0.25) is 0 Å². The molecule has 0 bridgehead atoms. The van der Waals surface area contributed by atoms with Crippen molar-refractivity contribution in [3.8, 4) is 5.69 Å². The van der Waals surface area contributed by atoms with Gasteiger partial charge in [-0.25, -0.2) is 9.78 Å². The number of carbonyl (C=O) groups is 2. The molecule has 0 aliphatic carbocycles. The number of benzene rings is 3. The first-order valence-corrected chi connectivity index (χ1v) is 10.6. The zero-order valence-corrected chi connectivity index (χ0v) is 19.0. The summed E-state index contributed by atoms with van der Waals surface area (Å²) in [6.45, 7) is 7.22. The zero-order valence-electron chi connectivity index (χ0n) is 19.0. The van der Waals surface area contributed by atoms with E-state index in [9.17, 15) is 14.4 Å². The molecule has 0 saturated heterocycles. The first-order chi connectivity index (χ1) is 15.8. The third kappa shape index (κ3) is 4.32. The number of carbonyl (C=O) groups excluding carboxylic acids is 2. The number of ketones is 1. The molecule has 6 heteroatoms. The van der Waals surface area contributed by atoms with Crippen LogP contribution in [0, 0.1) is 27.7 Å². The largest absolute Gasteiger partial charge is 0.454 e. The van der Waals surface area contributed by atoms with Gasteiger partial charge in [-0.05, 0) is 86.8 Å². The van der Waals surface area contributed by atoms with E-state index in [1.165, 1.54) is 4.57 Å². The van der Waals surface area contributed by atoms with Gasteiger partial charge in [0.25, 0.3) is 5.56 Å². The number of esters is 1. The number of Topliss-reactive ketones (excluding diaryl/α,β-unsaturated/α-hetero) is 1. The molecule has 0 unspecified atom stereocenters. The highest BCUT2D eigenvalue weighted by molar-refractivity contribution is 6.00. The molecule has 1 heterocycles. The van der Waals surface area contributed by atoms with Crippen LogP contribution in [0.3, 0.4) is 0 Å². The van der Waals surface area contributed by atoms with Crippen molar-refractivity contribution in [2.75, 3.05) is 6.61 Å². The Morgan fingerprint density at radius 1 is 0.879 bits per heavy atom. The molecule has 33 heavy (non-hydrogen) atoms. The second-order valence-electron chi connectivity index (χ2n) is 8.11. The number of nitrogens with zero attached hydrogens (tertiary/aromatic N) is 2. The van der Waals surface area contributed by atoms with Crippen LogP contribution in [0.1, 0.15) is 43.2 Å². The van der Waals surface area contributed by atoms with Gasteiger partial charge < -0.3 is 4.74 Å². The third-order valence-corrected chi connectivity index (χ3v) is 5.78. The summed E-state index contributed by atoms with van der Waals surface area (Å²) in [4.78, 5) is 42.5. The summed E-state index contributed by atoms with van der Waals surface area (Å²) in [5, 5.41) is 0.520. The highest BCUT2D eigenvalue weighted by atomic mass is 16.5. The minimum absolute atomic E-state index is 0.178. The fourth-order valence-corrected chi connectivity index (χ4v) is 3.85. The first-order valence-electron chi connectivity index (χ1n) is 10.6. The lowest BCUT2D eigenvalue weighted by molar-refractivity contribution is 0.0474. The van der Waals surface area contributed by atoms with E-state index in [4.69, 9.17) is 4.74 Å². The Kier molecular flexibility index (Phi) is 5.92. The third-order valence-electron chi connectivity index (χ3n) is 5.78. The minimum atomic E-state index is -0.600. The summed E-state index contributed by atoms with van der Waals surface area (Å²) in [5.41, 5.74) is 4.88. The fraction of sp³-hybridized carbons (Fsp3) is 0.185. The van der Waals surface area contributed by atoms with E-state index < -0.39 is 5.97 Å². The quantitative estimate of drug-likeness (QED) is 0.333. The van der Waals surface area contributed by atoms with Crippen LogP contribution >= 0.6 is 0 Å². The molecule has 4 rings (SSSR count). The van der Waals surface area contributed by atoms with Crippen LogP contribution in [-0.2, 0) is 4.74 Å². The molecule has 0 atom stereocenters. The lowest BCUT2D eigenvalue weighted by atomic mass is 9.98. The monoisotopic (exact) mass is 440 g/mol. The standard InChI is InChI=1S/C27H24N2O4/c1-16-13-18(3)23(14-17(16)2)25(30)15-33-27(32)20-9-11-21(12-10-20)29-19(4)28-24-8-6-5-7-22(24)26(29)31/h5-14H,15H2,1-4H3. The van der Waals surface area contributed by atoms with E-state index in [0.717, 1.165) is 16.7 Å². The molecule has 1 aromatic heterocycles. The van der Waals surface area contributed by atoms with Gasteiger partial charge in [0.15, 0.2) is 6.61 Å². The molecule has 0 radical (unpaired) electrons. The number of fused-ring (bicyclic) bond motifs is 1. The van der Waals surface area contributed by atoms with E-state index in [1.54, 1.807) is 49.4 Å². The minimum Gasteiger partial charge on any atom is -0.454 e. The number of hydrogen-bond acceptors (Lipinski definition) is 5. The zero-order chi connectivity index (χ0) is 23.7. The summed E-state index contributed by atoms with van der Waals surface area (Å²) in [5.74, 6) is -0.300. The molecule has 4 aromatic rings. The summed E-state index contributed by atoms with van der Waals surface area (Å²) in [6.07, 6.45) is 0. The summed E-state index contributed by atoms with van der Waals surface area (Å²) < 4.78 is 6.75. The van der Waals surface area contributed by atoms with Crippen LogP contribution in [0.25, 0.3) is 16.6 Å². The van der Waals surface area contributed by atoms with Crippen LogP contribution in [-0.4, -0.2) is 27.9 Å². The second-order valence-corrected chi connectivity index (χ2v) is 8.11. The van der Waals surface area contributed by atoms with Gasteiger partial charge in [-0.2, -0.15) is 0 Å². The van der Waals surface area contributed by atoms with Crippen LogP contribution < -0.4 is 5.56 Å². The Morgan fingerprint density at radius 2 is 1.55 bits per heavy atom. The summed E-state index contributed by atoms with van der Waals surface area (Å²) >= 11 is 0. The Balaban J connectivity index is 1.52. The van der Waals surface area contributed by atoms with Crippen molar-refractivity contribution >= 4 is 22.7 Å². The number of aryl methyl sites for hydroxylation is 4. The van der Waals surface area contributed by atoms with E-state index >= 15 is 0 Å². The second kappa shape index (κ2) is 8.82. The van der Waals surface area contributed by atoms with Gasteiger partial charge in [0.05, 0.1) is 22.2 Å². The number of rotatable bonds is 5. The van der Waals surface area contributed by atoms with Crippen molar-refractivity contribution in [2.45, 2.75) is 27.7 Å². The number of ether oxygens (including phenoxy) is 1. The Morgan fingerprint density at radius 3 is 2.27 bits per heavy atom. The SMILES string of the molecule is Cc1cc(C)c(C(=O)COC(=O)c2ccc(-n3c(C)nc4ccccc4c3=O)cc2)cc1C. The van der Waals surface area contributed by atoms with Crippen molar-refractivity contribution in [3.05, 3.63) is 105 Å². The molecular formula is C27H24N2O4. The van der Waals surface area contributed by atoms with Gasteiger partial charge in [-0.1, -0.05) is 18.2 Å². The molecule has 0 aliphatic rings. The predicted molar refractivity (Wildman–Crippen MR) is 127 cm³/mol. The van der Waals surface area contributed by atoms with Crippen LogP contribution in [0.5, 0.6) is 0 Å². The summed E-state index contributed by atoms with van der Waals surface area (Å²) in [7, 11) is 0. The van der Waals surface area contributed by atoms with E-state index in [2.05, 4.69) is 4.98 Å². The molecular weight excluding hydrogens is 416 g/mol. The molecule has 0 amide bonds. The van der Waals surface area contributed by atoms with Gasteiger partial charge >= 0.3 is 5.97 Å². The average molecular weight is 440 g/mol. The Hall–Kier alpha value is -4.06. The maximum absolute atomic E-state index is 12.9. The van der Waals surface area contributed by atoms with E-state index in [0.29, 0.717) is 33.5 Å². The number of aromatic nitrogens is 2. The van der Waals surface area contributed by atoms with Crippen LogP contribution in [0.15, 0.2) is 65.5 Å². The van der Waals surface area contributed by atoms with Crippen molar-refractivity contribution in [3.63, 3.8) is 0 Å². The van der Waals surface area contributed by atoms with Crippen molar-refractivity contribution in [2.24, 2.45) is 0 Å². The number of para-hydroxylation sites is 1.